The molecule has 2 aromatic carbocycles. The van der Waals surface area contributed by atoms with E-state index in [-0.39, 0.29) is 29.8 Å². The molecule has 0 aliphatic heterocycles. The van der Waals surface area contributed by atoms with Gasteiger partial charge in [0.15, 0.2) is 0 Å². The summed E-state index contributed by atoms with van der Waals surface area (Å²) in [7, 11) is 0. The van der Waals surface area contributed by atoms with Gasteiger partial charge in [0.25, 0.3) is 5.69 Å². The Morgan fingerprint density at radius 3 is 2.47 bits per heavy atom. The molecule has 0 bridgehead atoms. The van der Waals surface area contributed by atoms with Crippen LogP contribution >= 0.6 is 35.0 Å². The van der Waals surface area contributed by atoms with Crippen molar-refractivity contribution < 1.29 is 14.5 Å². The molecule has 0 radical (unpaired) electrons. The van der Waals surface area contributed by atoms with Crippen molar-refractivity contribution in [3.8, 4) is 0 Å². The maximum atomic E-state index is 13.0. The quantitative estimate of drug-likeness (QED) is 0.345. The van der Waals surface area contributed by atoms with Crippen LogP contribution in [0.2, 0.25) is 10.0 Å². The van der Waals surface area contributed by atoms with Crippen molar-refractivity contribution in [2.75, 3.05) is 12.3 Å². The number of nitro benzene ring substituents is 1. The number of nitrogens with zero attached hydrogens (tertiary/aromatic N) is 2. The van der Waals surface area contributed by atoms with Crippen molar-refractivity contribution in [2.24, 2.45) is 0 Å². The van der Waals surface area contributed by atoms with Crippen molar-refractivity contribution in [1.82, 2.24) is 10.2 Å². The smallest absolute Gasteiger partial charge is 0.269 e. The number of amides is 2. The number of nitro groups is 1. The van der Waals surface area contributed by atoms with Gasteiger partial charge in [-0.2, -0.15) is 0 Å². The molecule has 1 unspecified atom stereocenters. The summed E-state index contributed by atoms with van der Waals surface area (Å²) in [6.07, 6.45) is 0.792. The lowest BCUT2D eigenvalue weighted by molar-refractivity contribution is -0.384. The molecule has 2 rings (SSSR count). The van der Waals surface area contributed by atoms with E-state index in [9.17, 15) is 19.7 Å². The molecule has 0 saturated heterocycles. The Hall–Kier alpha value is -2.29. The Balaban J connectivity index is 2.08. The standard InChI is InChI=1S/C22H25Cl2N3O4S/c1-3-10-25-22(29)15(2)26(12-17-6-7-18(23)11-20(17)24)21(28)14-32-13-16-4-8-19(9-5-16)27(30)31/h4-9,11,15H,3,10,12-14H2,1-2H3,(H,25,29). The van der Waals surface area contributed by atoms with Gasteiger partial charge < -0.3 is 10.2 Å². The van der Waals surface area contributed by atoms with Gasteiger partial charge in [0, 0.05) is 41.0 Å². The van der Waals surface area contributed by atoms with E-state index >= 15 is 0 Å². The van der Waals surface area contributed by atoms with E-state index in [1.54, 1.807) is 37.3 Å². The normalized spacial score (nSPS) is 11.6. The highest BCUT2D eigenvalue weighted by molar-refractivity contribution is 7.99. The summed E-state index contributed by atoms with van der Waals surface area (Å²) in [5.41, 5.74) is 1.59. The molecule has 0 heterocycles. The molecule has 32 heavy (non-hydrogen) atoms. The first-order valence-corrected chi connectivity index (χ1v) is 12.0. The maximum Gasteiger partial charge on any atom is 0.269 e. The van der Waals surface area contributed by atoms with Gasteiger partial charge in [0.2, 0.25) is 11.8 Å². The molecule has 2 amide bonds. The number of halogens is 2. The number of non-ortho nitro benzene ring substituents is 1. The van der Waals surface area contributed by atoms with Gasteiger partial charge in [-0.25, -0.2) is 0 Å². The monoisotopic (exact) mass is 497 g/mol. The number of rotatable bonds is 11. The van der Waals surface area contributed by atoms with Gasteiger partial charge in [0.05, 0.1) is 10.7 Å². The Labute approximate surface area is 201 Å². The van der Waals surface area contributed by atoms with Crippen molar-refractivity contribution >= 4 is 52.5 Å². The minimum Gasteiger partial charge on any atom is -0.354 e. The van der Waals surface area contributed by atoms with E-state index in [0.29, 0.717) is 27.9 Å². The van der Waals surface area contributed by atoms with Gasteiger partial charge in [-0.1, -0.05) is 48.3 Å². The molecule has 1 atom stereocenters. The first-order chi connectivity index (χ1) is 15.2. The summed E-state index contributed by atoms with van der Waals surface area (Å²) in [4.78, 5) is 37.4. The van der Waals surface area contributed by atoms with Crippen LogP contribution in [-0.4, -0.2) is 40.0 Å². The number of nitrogens with one attached hydrogen (secondary N) is 1. The molecule has 0 fully saturated rings. The van der Waals surface area contributed by atoms with Crippen LogP contribution in [0.4, 0.5) is 5.69 Å². The van der Waals surface area contributed by atoms with Crippen molar-refractivity contribution in [1.29, 1.82) is 0 Å². The topological polar surface area (TPSA) is 92.6 Å². The fraction of sp³-hybridized carbons (Fsp3) is 0.364. The number of carbonyl (C=O) groups is 2. The summed E-state index contributed by atoms with van der Waals surface area (Å²) >= 11 is 13.6. The third kappa shape index (κ3) is 7.69. The predicted octanol–water partition coefficient (Wildman–Crippen LogP) is 5.08. The fourth-order valence-electron chi connectivity index (χ4n) is 2.86. The number of carbonyl (C=O) groups excluding carboxylic acids is 2. The molecule has 7 nitrogen and oxygen atoms in total. The molecular weight excluding hydrogens is 473 g/mol. The van der Waals surface area contributed by atoms with Crippen molar-refractivity contribution in [2.45, 2.75) is 38.6 Å². The van der Waals surface area contributed by atoms with Crippen LogP contribution in [0.15, 0.2) is 42.5 Å². The average Bonchev–Trinajstić information content (AvgIpc) is 2.76. The third-order valence-corrected chi connectivity index (χ3v) is 6.29. The zero-order valence-electron chi connectivity index (χ0n) is 17.8. The van der Waals surface area contributed by atoms with E-state index in [0.717, 1.165) is 12.0 Å². The van der Waals surface area contributed by atoms with Crippen molar-refractivity contribution in [3.63, 3.8) is 0 Å². The second-order valence-corrected chi connectivity index (χ2v) is 8.97. The summed E-state index contributed by atoms with van der Waals surface area (Å²) in [6.45, 7) is 4.35. The second-order valence-electron chi connectivity index (χ2n) is 7.14. The summed E-state index contributed by atoms with van der Waals surface area (Å²) in [5.74, 6) is 0.219. The van der Waals surface area contributed by atoms with Crippen LogP contribution < -0.4 is 5.32 Å². The van der Waals surface area contributed by atoms with Crippen LogP contribution in [0.3, 0.4) is 0 Å². The maximum absolute atomic E-state index is 13.0. The summed E-state index contributed by atoms with van der Waals surface area (Å²) in [6, 6.07) is 10.6. The minimum atomic E-state index is -0.680. The first kappa shape index (κ1) is 26.0. The Morgan fingerprint density at radius 1 is 1.19 bits per heavy atom. The lowest BCUT2D eigenvalue weighted by Gasteiger charge is -2.29. The van der Waals surface area contributed by atoms with Gasteiger partial charge >= 0.3 is 0 Å². The van der Waals surface area contributed by atoms with Gasteiger partial charge in [-0.3, -0.25) is 19.7 Å². The molecule has 10 heteroatoms. The highest BCUT2D eigenvalue weighted by Gasteiger charge is 2.26. The number of benzene rings is 2. The van der Waals surface area contributed by atoms with Gasteiger partial charge in [-0.05, 0) is 36.6 Å². The number of hydrogen-bond acceptors (Lipinski definition) is 5. The molecule has 0 aromatic heterocycles. The van der Waals surface area contributed by atoms with Gasteiger partial charge in [0.1, 0.15) is 6.04 Å². The molecule has 0 aliphatic rings. The van der Waals surface area contributed by atoms with Crippen molar-refractivity contribution in [3.05, 3.63) is 73.8 Å². The molecule has 2 aromatic rings. The van der Waals surface area contributed by atoms with E-state index < -0.39 is 11.0 Å². The molecule has 172 valence electrons. The minimum absolute atomic E-state index is 0.0211. The molecule has 0 aliphatic carbocycles. The fourth-order valence-corrected chi connectivity index (χ4v) is 4.20. The van der Waals surface area contributed by atoms with E-state index in [2.05, 4.69) is 5.32 Å². The Kier molecular flexibility index (Phi) is 10.3. The zero-order chi connectivity index (χ0) is 23.7. The zero-order valence-corrected chi connectivity index (χ0v) is 20.2. The van der Waals surface area contributed by atoms with Crippen LogP contribution in [-0.2, 0) is 21.9 Å². The van der Waals surface area contributed by atoms with Crippen LogP contribution in [0.5, 0.6) is 0 Å². The predicted molar refractivity (Wildman–Crippen MR) is 129 cm³/mol. The number of hydrogen-bond donors (Lipinski definition) is 1. The van der Waals surface area contributed by atoms with E-state index in [1.165, 1.54) is 28.8 Å². The van der Waals surface area contributed by atoms with Crippen LogP contribution in [0.25, 0.3) is 0 Å². The largest absolute Gasteiger partial charge is 0.354 e. The SMILES string of the molecule is CCCNC(=O)C(C)N(Cc1ccc(Cl)cc1Cl)C(=O)CSCc1ccc([N+](=O)[O-])cc1. The first-order valence-electron chi connectivity index (χ1n) is 10.0. The average molecular weight is 498 g/mol. The third-order valence-electron chi connectivity index (χ3n) is 4.71. The second kappa shape index (κ2) is 12.7. The molecular formula is C22H25Cl2N3O4S. The summed E-state index contributed by atoms with van der Waals surface area (Å²) in [5, 5.41) is 14.5. The lowest BCUT2D eigenvalue weighted by Crippen LogP contribution is -2.48. The van der Waals surface area contributed by atoms with Gasteiger partial charge in [-0.15, -0.1) is 11.8 Å². The molecule has 0 saturated carbocycles. The van der Waals surface area contributed by atoms with E-state index in [4.69, 9.17) is 23.2 Å². The van der Waals surface area contributed by atoms with Crippen LogP contribution in [0.1, 0.15) is 31.4 Å². The molecule has 1 N–H and O–H groups in total. The Bertz CT molecular complexity index is 957. The lowest BCUT2D eigenvalue weighted by atomic mass is 10.1. The highest BCUT2D eigenvalue weighted by Crippen LogP contribution is 2.24. The van der Waals surface area contributed by atoms with Crippen LogP contribution in [0, 0.1) is 10.1 Å². The summed E-state index contributed by atoms with van der Waals surface area (Å²) < 4.78 is 0. The highest BCUT2D eigenvalue weighted by atomic mass is 35.5. The van der Waals surface area contributed by atoms with E-state index in [1.807, 2.05) is 6.92 Å². The number of thioether (sulfide) groups is 1. The molecule has 0 spiro atoms. The Morgan fingerprint density at radius 2 is 1.88 bits per heavy atom.